The molecule has 5 N–H and O–H groups in total. The van der Waals surface area contributed by atoms with Crippen molar-refractivity contribution < 1.29 is 28.2 Å². The topological polar surface area (TPSA) is 136 Å². The van der Waals surface area contributed by atoms with Crippen LogP contribution in [0.3, 0.4) is 0 Å². The molecule has 2 aliphatic carbocycles. The number of H-pyrrole nitrogens is 1. The van der Waals surface area contributed by atoms with E-state index < -0.39 is 48.9 Å². The van der Waals surface area contributed by atoms with Gasteiger partial charge in [0.25, 0.3) is 5.91 Å². The van der Waals surface area contributed by atoms with Crippen LogP contribution >= 0.6 is 0 Å². The van der Waals surface area contributed by atoms with Crippen LogP contribution < -0.4 is 10.6 Å². The Bertz CT molecular complexity index is 1040. The molecule has 0 bridgehead atoms. The highest BCUT2D eigenvalue weighted by Crippen LogP contribution is 2.29. The van der Waals surface area contributed by atoms with Gasteiger partial charge < -0.3 is 20.8 Å². The Morgan fingerprint density at radius 3 is 2.84 bits per heavy atom. The van der Waals surface area contributed by atoms with Crippen molar-refractivity contribution in [1.82, 2.24) is 25.5 Å². The number of nitrogens with one attached hydrogen (secondary N) is 3. The smallest absolute Gasteiger partial charge is 0.270 e. The van der Waals surface area contributed by atoms with Crippen molar-refractivity contribution in [3.8, 4) is 0 Å². The number of rotatable bonds is 6. The van der Waals surface area contributed by atoms with E-state index in [2.05, 4.69) is 30.8 Å². The minimum Gasteiger partial charge on any atom is -0.394 e. The number of halogens is 3. The second-order valence-electron chi connectivity index (χ2n) is 7.54. The number of carbonyl (C=O) groups is 1. The first-order valence-electron chi connectivity index (χ1n) is 9.78. The molecule has 0 radical (unpaired) electrons. The highest BCUT2D eigenvalue weighted by molar-refractivity contribution is 6.07. The Labute approximate surface area is 174 Å². The standard InChI is InChI=1S/C19H21F3N6O3/c20-8-1-2-11(22)10(3-8)13(6-29)26-19(31)16-15-17(23-7-24-18(15)28-27-16)25-12-4-9(21)5-14(12)30/h2-3,7-9,12-14,29-30H,1,4-6H2,(H,26,31)(H2,23,24,25,27,28)/t8?,9-,12-,13-,14-/m1/s1. The summed E-state index contributed by atoms with van der Waals surface area (Å²) in [5.41, 5.74) is -0.103. The molecule has 166 valence electrons. The number of alkyl halides is 2. The number of aromatic amines is 1. The van der Waals surface area contributed by atoms with Gasteiger partial charge in [-0.3, -0.25) is 9.89 Å². The number of hydrogen-bond acceptors (Lipinski definition) is 7. The zero-order valence-electron chi connectivity index (χ0n) is 16.2. The molecular weight excluding hydrogens is 417 g/mol. The Hall–Kier alpha value is -2.99. The number of fused-ring (bicyclic) bond motifs is 1. The lowest BCUT2D eigenvalue weighted by Crippen LogP contribution is -2.40. The first kappa shape index (κ1) is 21.2. The quantitative estimate of drug-likeness (QED) is 0.458. The van der Waals surface area contributed by atoms with E-state index in [1.807, 2.05) is 0 Å². The monoisotopic (exact) mass is 438 g/mol. The summed E-state index contributed by atoms with van der Waals surface area (Å²) in [4.78, 5) is 20.9. The van der Waals surface area contributed by atoms with Crippen molar-refractivity contribution in [1.29, 1.82) is 0 Å². The van der Waals surface area contributed by atoms with Gasteiger partial charge in [-0.1, -0.05) is 0 Å². The fraction of sp³-hybridized carbons (Fsp3) is 0.474. The van der Waals surface area contributed by atoms with Crippen LogP contribution in [0.5, 0.6) is 0 Å². The number of allylic oxidation sites excluding steroid dienone is 2. The summed E-state index contributed by atoms with van der Waals surface area (Å²) in [6.45, 7) is -0.661. The lowest BCUT2D eigenvalue weighted by atomic mass is 9.98. The molecule has 1 fully saturated rings. The number of carbonyl (C=O) groups excluding carboxylic acids is 1. The fourth-order valence-electron chi connectivity index (χ4n) is 3.83. The van der Waals surface area contributed by atoms with Gasteiger partial charge in [-0.2, -0.15) is 5.10 Å². The maximum Gasteiger partial charge on any atom is 0.270 e. The summed E-state index contributed by atoms with van der Waals surface area (Å²) < 4.78 is 41.4. The van der Waals surface area contributed by atoms with E-state index in [0.717, 1.165) is 12.2 Å². The minimum absolute atomic E-state index is 0.00738. The third-order valence-electron chi connectivity index (χ3n) is 5.39. The van der Waals surface area contributed by atoms with Crippen molar-refractivity contribution >= 4 is 22.8 Å². The molecule has 12 heteroatoms. The van der Waals surface area contributed by atoms with E-state index in [0.29, 0.717) is 0 Å². The molecule has 0 aromatic carbocycles. The highest BCUT2D eigenvalue weighted by atomic mass is 19.1. The average Bonchev–Trinajstić information content (AvgIpc) is 3.31. The maximum absolute atomic E-state index is 14.1. The Balaban J connectivity index is 1.60. The molecule has 2 aromatic rings. The molecule has 9 nitrogen and oxygen atoms in total. The molecule has 4 rings (SSSR count). The van der Waals surface area contributed by atoms with Crippen LogP contribution in [0, 0.1) is 0 Å². The summed E-state index contributed by atoms with van der Waals surface area (Å²) in [6, 6.07) is -1.80. The number of nitrogens with zero attached hydrogens (tertiary/aromatic N) is 3. The first-order valence-corrected chi connectivity index (χ1v) is 9.78. The Kier molecular flexibility index (Phi) is 5.92. The van der Waals surface area contributed by atoms with E-state index in [1.54, 1.807) is 0 Å². The lowest BCUT2D eigenvalue weighted by molar-refractivity contribution is 0.0922. The number of aliphatic hydroxyl groups excluding tert-OH is 2. The highest BCUT2D eigenvalue weighted by Gasteiger charge is 2.34. The van der Waals surface area contributed by atoms with Gasteiger partial charge in [0.15, 0.2) is 5.65 Å². The van der Waals surface area contributed by atoms with Crippen molar-refractivity contribution in [3.63, 3.8) is 0 Å². The number of hydrogen-bond donors (Lipinski definition) is 5. The molecule has 0 saturated heterocycles. The number of amides is 1. The molecule has 5 atom stereocenters. The third-order valence-corrected chi connectivity index (χ3v) is 5.39. The summed E-state index contributed by atoms with van der Waals surface area (Å²) in [5, 5.41) is 31.7. The lowest BCUT2D eigenvalue weighted by Gasteiger charge is -2.22. The van der Waals surface area contributed by atoms with E-state index >= 15 is 0 Å². The van der Waals surface area contributed by atoms with Crippen LogP contribution in [-0.2, 0) is 0 Å². The minimum atomic E-state index is -1.42. The van der Waals surface area contributed by atoms with Crippen molar-refractivity contribution in [2.45, 2.75) is 49.8 Å². The fourth-order valence-corrected chi connectivity index (χ4v) is 3.83. The average molecular weight is 438 g/mol. The molecule has 1 amide bonds. The molecule has 2 heterocycles. The maximum atomic E-state index is 14.1. The van der Waals surface area contributed by atoms with Gasteiger partial charge in [0.1, 0.15) is 36.0 Å². The van der Waals surface area contributed by atoms with Crippen LogP contribution in [0.25, 0.3) is 11.0 Å². The summed E-state index contributed by atoms with van der Waals surface area (Å²) in [6.07, 6.45) is -0.283. The zero-order valence-corrected chi connectivity index (χ0v) is 16.2. The van der Waals surface area contributed by atoms with Gasteiger partial charge in [-0.05, 0) is 12.2 Å². The largest absolute Gasteiger partial charge is 0.394 e. The van der Waals surface area contributed by atoms with Crippen molar-refractivity contribution in [2.24, 2.45) is 0 Å². The number of aromatic nitrogens is 4. The van der Waals surface area contributed by atoms with E-state index in [9.17, 15) is 28.2 Å². The van der Waals surface area contributed by atoms with Gasteiger partial charge in [0.05, 0.1) is 30.2 Å². The van der Waals surface area contributed by atoms with E-state index in [-0.39, 0.29) is 47.4 Å². The summed E-state index contributed by atoms with van der Waals surface area (Å²) in [7, 11) is 0. The second-order valence-corrected chi connectivity index (χ2v) is 7.54. The molecule has 1 unspecified atom stereocenters. The Morgan fingerprint density at radius 1 is 1.32 bits per heavy atom. The van der Waals surface area contributed by atoms with Crippen molar-refractivity contribution in [3.05, 3.63) is 35.6 Å². The van der Waals surface area contributed by atoms with Crippen LogP contribution in [0.2, 0.25) is 0 Å². The number of anilines is 1. The van der Waals surface area contributed by atoms with Crippen LogP contribution in [0.1, 0.15) is 29.8 Å². The normalized spacial score (nSPS) is 27.0. The van der Waals surface area contributed by atoms with Gasteiger partial charge >= 0.3 is 0 Å². The molecule has 2 aliphatic rings. The van der Waals surface area contributed by atoms with Gasteiger partial charge in [0, 0.05) is 24.8 Å². The zero-order chi connectivity index (χ0) is 22.1. The summed E-state index contributed by atoms with van der Waals surface area (Å²) in [5.74, 6) is -1.32. The predicted octanol–water partition coefficient (Wildman–Crippen LogP) is 1.24. The van der Waals surface area contributed by atoms with E-state index in [4.69, 9.17) is 0 Å². The van der Waals surface area contributed by atoms with Gasteiger partial charge in [-0.25, -0.2) is 23.1 Å². The van der Waals surface area contributed by atoms with Gasteiger partial charge in [-0.15, -0.1) is 0 Å². The predicted molar refractivity (Wildman–Crippen MR) is 104 cm³/mol. The second kappa shape index (κ2) is 8.63. The van der Waals surface area contributed by atoms with E-state index in [1.165, 1.54) is 6.33 Å². The SMILES string of the molecule is O=C(N[C@H](CO)C1=CC(F)CC=C1F)c1[nH]nc2ncnc(N[C@@H]3C[C@@H](F)C[C@H]3O)c12. The number of aliphatic hydroxyl groups is 2. The molecule has 2 aromatic heterocycles. The molecule has 0 spiro atoms. The Morgan fingerprint density at radius 2 is 2.13 bits per heavy atom. The van der Waals surface area contributed by atoms with Gasteiger partial charge in [0.2, 0.25) is 0 Å². The van der Waals surface area contributed by atoms with Crippen molar-refractivity contribution in [2.75, 3.05) is 11.9 Å². The van der Waals surface area contributed by atoms with Crippen LogP contribution in [-0.4, -0.2) is 73.4 Å². The molecule has 1 saturated carbocycles. The van der Waals surface area contributed by atoms with Crippen LogP contribution in [0.4, 0.5) is 19.0 Å². The first-order chi connectivity index (χ1) is 14.9. The summed E-state index contributed by atoms with van der Waals surface area (Å²) >= 11 is 0. The molecule has 0 aliphatic heterocycles. The molecule has 31 heavy (non-hydrogen) atoms. The molecular formula is C19H21F3N6O3. The van der Waals surface area contributed by atoms with Crippen LogP contribution in [0.15, 0.2) is 29.9 Å². The third kappa shape index (κ3) is 4.26.